The lowest BCUT2D eigenvalue weighted by Crippen LogP contribution is -2.28. The molecule has 2 aromatic carbocycles. The van der Waals surface area contributed by atoms with Crippen molar-refractivity contribution in [1.82, 2.24) is 5.32 Å². The highest BCUT2D eigenvalue weighted by Crippen LogP contribution is 2.31. The second-order valence-corrected chi connectivity index (χ2v) is 6.81. The largest absolute Gasteiger partial charge is 0.391 e. The molecule has 3 atom stereocenters. The smallest absolute Gasteiger partial charge is 0.0775 e. The Balaban J connectivity index is 1.69. The van der Waals surface area contributed by atoms with Crippen LogP contribution in [0.2, 0.25) is 0 Å². The zero-order valence-corrected chi connectivity index (χ0v) is 12.8. The molecule has 0 fully saturated rings. The van der Waals surface area contributed by atoms with Crippen LogP contribution in [0.3, 0.4) is 0 Å². The van der Waals surface area contributed by atoms with Gasteiger partial charge in [0.15, 0.2) is 0 Å². The van der Waals surface area contributed by atoms with Crippen LogP contribution in [-0.4, -0.2) is 21.7 Å². The highest BCUT2D eigenvalue weighted by molar-refractivity contribution is 7.84. The first-order valence-electron chi connectivity index (χ1n) is 7.07. The van der Waals surface area contributed by atoms with Crippen LogP contribution in [0.15, 0.2) is 53.4 Å². The Kier molecular flexibility index (Phi) is 4.19. The molecule has 2 aromatic rings. The molecule has 4 heteroatoms. The molecule has 0 spiro atoms. The number of fused-ring (bicyclic) bond motifs is 1. The van der Waals surface area contributed by atoms with Crippen LogP contribution in [0.5, 0.6) is 0 Å². The summed E-state index contributed by atoms with van der Waals surface area (Å²) in [7, 11) is -0.939. The van der Waals surface area contributed by atoms with E-state index in [9.17, 15) is 9.32 Å². The van der Waals surface area contributed by atoms with Crippen molar-refractivity contribution in [3.63, 3.8) is 0 Å². The second-order valence-electron chi connectivity index (χ2n) is 5.43. The van der Waals surface area contributed by atoms with E-state index in [0.29, 0.717) is 13.0 Å². The highest BCUT2D eigenvalue weighted by Gasteiger charge is 2.29. The Labute approximate surface area is 127 Å². The summed E-state index contributed by atoms with van der Waals surface area (Å²) in [6.45, 7) is 0.687. The molecular formula is C17H19NO2S. The molecule has 1 aliphatic rings. The fourth-order valence-corrected chi connectivity index (χ4v) is 3.37. The third-order valence-electron chi connectivity index (χ3n) is 3.99. The second kappa shape index (κ2) is 6.10. The van der Waals surface area contributed by atoms with Gasteiger partial charge in [-0.25, -0.2) is 0 Å². The molecule has 0 saturated carbocycles. The number of hydrogen-bond donors (Lipinski definition) is 2. The first kappa shape index (κ1) is 14.4. The number of hydrogen-bond acceptors (Lipinski definition) is 3. The monoisotopic (exact) mass is 301 g/mol. The van der Waals surface area contributed by atoms with Gasteiger partial charge < -0.3 is 10.4 Å². The van der Waals surface area contributed by atoms with Gasteiger partial charge in [0, 0.05) is 34.9 Å². The van der Waals surface area contributed by atoms with Crippen molar-refractivity contribution in [2.75, 3.05) is 6.26 Å². The zero-order chi connectivity index (χ0) is 14.8. The predicted molar refractivity (Wildman–Crippen MR) is 84.5 cm³/mol. The molecule has 1 aliphatic carbocycles. The lowest BCUT2D eigenvalue weighted by atomic mass is 10.1. The van der Waals surface area contributed by atoms with Gasteiger partial charge in [-0.05, 0) is 28.8 Å². The van der Waals surface area contributed by atoms with Crippen molar-refractivity contribution < 1.29 is 9.32 Å². The minimum atomic E-state index is -0.939. The lowest BCUT2D eigenvalue weighted by molar-refractivity contribution is 0.140. The Hall–Kier alpha value is -1.49. The van der Waals surface area contributed by atoms with Gasteiger partial charge in [0.25, 0.3) is 0 Å². The molecule has 0 radical (unpaired) electrons. The van der Waals surface area contributed by atoms with Crippen LogP contribution >= 0.6 is 0 Å². The Morgan fingerprint density at radius 3 is 2.62 bits per heavy atom. The van der Waals surface area contributed by atoms with Crippen LogP contribution in [0.25, 0.3) is 0 Å². The van der Waals surface area contributed by atoms with Crippen molar-refractivity contribution in [3.05, 3.63) is 65.2 Å². The number of benzene rings is 2. The van der Waals surface area contributed by atoms with E-state index >= 15 is 0 Å². The van der Waals surface area contributed by atoms with Gasteiger partial charge in [-0.2, -0.15) is 0 Å². The number of aliphatic hydroxyl groups is 1. The van der Waals surface area contributed by atoms with E-state index in [2.05, 4.69) is 17.4 Å². The maximum Gasteiger partial charge on any atom is 0.0775 e. The minimum Gasteiger partial charge on any atom is -0.391 e. The fraction of sp³-hybridized carbons (Fsp3) is 0.294. The predicted octanol–water partition coefficient (Wildman–Crippen LogP) is 2.17. The van der Waals surface area contributed by atoms with Gasteiger partial charge in [0.2, 0.25) is 0 Å². The molecular weight excluding hydrogens is 282 g/mol. The van der Waals surface area contributed by atoms with Crippen molar-refractivity contribution in [1.29, 1.82) is 0 Å². The van der Waals surface area contributed by atoms with E-state index < -0.39 is 10.8 Å². The van der Waals surface area contributed by atoms with Crippen molar-refractivity contribution in [2.45, 2.75) is 30.0 Å². The number of nitrogens with one attached hydrogen (secondary N) is 1. The standard InChI is InChI=1S/C17H19NO2S/c1-21(20)14-8-6-12(7-9-14)11-18-17-15-5-3-2-4-13(15)10-16(17)19/h2-9,16-19H,10-11H2,1H3/t16-,17+,21?/m0/s1. The van der Waals surface area contributed by atoms with Crippen LogP contribution in [-0.2, 0) is 23.8 Å². The molecule has 3 nitrogen and oxygen atoms in total. The van der Waals surface area contributed by atoms with Gasteiger partial charge in [0.05, 0.1) is 12.1 Å². The van der Waals surface area contributed by atoms with E-state index in [0.717, 1.165) is 10.5 Å². The summed E-state index contributed by atoms with van der Waals surface area (Å²) in [5, 5.41) is 13.6. The maximum atomic E-state index is 11.4. The van der Waals surface area contributed by atoms with Crippen LogP contribution in [0.1, 0.15) is 22.7 Å². The molecule has 0 aromatic heterocycles. The average molecular weight is 301 g/mol. The topological polar surface area (TPSA) is 49.3 Å². The summed E-state index contributed by atoms with van der Waals surface area (Å²) in [6, 6.07) is 15.9. The Morgan fingerprint density at radius 2 is 1.90 bits per heavy atom. The molecule has 1 unspecified atom stereocenters. The van der Waals surface area contributed by atoms with Gasteiger partial charge in [-0.3, -0.25) is 4.21 Å². The van der Waals surface area contributed by atoms with Crippen LogP contribution < -0.4 is 5.32 Å². The van der Waals surface area contributed by atoms with E-state index in [1.807, 2.05) is 36.4 Å². The summed E-state index contributed by atoms with van der Waals surface area (Å²) in [6.07, 6.45) is 2.02. The van der Waals surface area contributed by atoms with E-state index in [4.69, 9.17) is 0 Å². The average Bonchev–Trinajstić information content (AvgIpc) is 2.81. The van der Waals surface area contributed by atoms with E-state index in [1.54, 1.807) is 6.26 Å². The summed E-state index contributed by atoms with van der Waals surface area (Å²) in [4.78, 5) is 0.838. The first-order valence-corrected chi connectivity index (χ1v) is 8.62. The van der Waals surface area contributed by atoms with Gasteiger partial charge in [0.1, 0.15) is 0 Å². The van der Waals surface area contributed by atoms with E-state index in [1.165, 1.54) is 11.1 Å². The van der Waals surface area contributed by atoms with Gasteiger partial charge in [-0.15, -0.1) is 0 Å². The van der Waals surface area contributed by atoms with Crippen LogP contribution in [0, 0.1) is 0 Å². The van der Waals surface area contributed by atoms with Crippen molar-refractivity contribution >= 4 is 10.8 Å². The lowest BCUT2D eigenvalue weighted by Gasteiger charge is -2.18. The van der Waals surface area contributed by atoms with E-state index in [-0.39, 0.29) is 12.1 Å². The third kappa shape index (κ3) is 3.07. The van der Waals surface area contributed by atoms with Crippen molar-refractivity contribution in [2.24, 2.45) is 0 Å². The summed E-state index contributed by atoms with van der Waals surface area (Å²) < 4.78 is 11.4. The summed E-state index contributed by atoms with van der Waals surface area (Å²) >= 11 is 0. The zero-order valence-electron chi connectivity index (χ0n) is 12.0. The molecule has 3 rings (SSSR count). The van der Waals surface area contributed by atoms with Crippen molar-refractivity contribution in [3.8, 4) is 0 Å². The number of aliphatic hydroxyl groups excluding tert-OH is 1. The molecule has 0 amide bonds. The molecule has 0 bridgehead atoms. The Morgan fingerprint density at radius 1 is 1.19 bits per heavy atom. The molecule has 2 N–H and O–H groups in total. The SMILES string of the molecule is CS(=O)c1ccc(CN[C@@H]2c3ccccc3C[C@@H]2O)cc1. The normalized spacial score (nSPS) is 22.0. The summed E-state index contributed by atoms with van der Waals surface area (Å²) in [5.41, 5.74) is 3.54. The van der Waals surface area contributed by atoms with Gasteiger partial charge >= 0.3 is 0 Å². The molecule has 0 saturated heterocycles. The minimum absolute atomic E-state index is 0.0128. The Bertz CT molecular complexity index is 654. The maximum absolute atomic E-state index is 11.4. The third-order valence-corrected chi connectivity index (χ3v) is 4.92. The molecule has 0 heterocycles. The highest BCUT2D eigenvalue weighted by atomic mass is 32.2. The fourth-order valence-electron chi connectivity index (χ4n) is 2.85. The summed E-state index contributed by atoms with van der Waals surface area (Å²) in [5.74, 6) is 0. The number of rotatable bonds is 4. The first-order chi connectivity index (χ1) is 10.1. The van der Waals surface area contributed by atoms with Crippen LogP contribution in [0.4, 0.5) is 0 Å². The van der Waals surface area contributed by atoms with Gasteiger partial charge in [-0.1, -0.05) is 36.4 Å². The molecule has 110 valence electrons. The molecule has 21 heavy (non-hydrogen) atoms. The quantitative estimate of drug-likeness (QED) is 0.910. The molecule has 0 aliphatic heterocycles.